The number of ether oxygens (including phenoxy) is 1. The maximum Gasteiger partial charge on any atom is 0.190 e. The molecule has 0 amide bonds. The molecule has 130 valence electrons. The molecule has 0 spiro atoms. The van der Waals surface area contributed by atoms with Gasteiger partial charge >= 0.3 is 0 Å². The lowest BCUT2D eigenvalue weighted by Crippen LogP contribution is -2.37. The second kappa shape index (κ2) is 8.06. The fraction of sp³-hybridized carbons (Fsp3) is 0.667. The maximum absolute atomic E-state index is 13.7. The van der Waals surface area contributed by atoms with Crippen molar-refractivity contribution in [2.24, 2.45) is 11.8 Å². The van der Waals surface area contributed by atoms with Crippen LogP contribution in [0.15, 0.2) is 12.1 Å². The highest BCUT2D eigenvalue weighted by atomic mass is 19.1. The first kappa shape index (κ1) is 18.1. The first-order valence-corrected chi connectivity index (χ1v) is 8.33. The van der Waals surface area contributed by atoms with E-state index in [4.69, 9.17) is 4.74 Å². The second-order valence-corrected chi connectivity index (χ2v) is 6.90. The van der Waals surface area contributed by atoms with Crippen LogP contribution in [0.25, 0.3) is 0 Å². The molecule has 0 unspecified atom stereocenters. The molecule has 3 nitrogen and oxygen atoms in total. The molecule has 0 bridgehead atoms. The van der Waals surface area contributed by atoms with E-state index in [1.165, 1.54) is 19.2 Å². The zero-order valence-electron chi connectivity index (χ0n) is 14.2. The molecule has 1 N–H and O–H groups in total. The summed E-state index contributed by atoms with van der Waals surface area (Å²) in [7, 11) is 1.26. The summed E-state index contributed by atoms with van der Waals surface area (Å²) in [6.45, 7) is 6.44. The van der Waals surface area contributed by atoms with Crippen LogP contribution in [-0.4, -0.2) is 36.3 Å². The fourth-order valence-electron chi connectivity index (χ4n) is 3.33. The van der Waals surface area contributed by atoms with E-state index in [9.17, 15) is 13.9 Å². The summed E-state index contributed by atoms with van der Waals surface area (Å²) in [5.41, 5.74) is 0.613. The van der Waals surface area contributed by atoms with Crippen LogP contribution in [0.3, 0.4) is 0 Å². The number of aliphatic hydroxyl groups excluding tert-OH is 1. The number of nitrogens with zero attached hydrogens (tertiary/aromatic N) is 1. The van der Waals surface area contributed by atoms with E-state index in [-0.39, 0.29) is 11.9 Å². The van der Waals surface area contributed by atoms with Gasteiger partial charge in [0.1, 0.15) is 0 Å². The number of likely N-dealkylation sites (tertiary alicyclic amines) is 1. The topological polar surface area (TPSA) is 32.7 Å². The zero-order chi connectivity index (χ0) is 17.0. The van der Waals surface area contributed by atoms with Crippen LogP contribution < -0.4 is 4.74 Å². The predicted molar refractivity (Wildman–Crippen MR) is 86.4 cm³/mol. The SMILES string of the molecule is COc1c(F)cc(CN2CCC([C@H](O)CC(C)C)CC2)cc1F. The summed E-state index contributed by atoms with van der Waals surface area (Å²) in [5, 5.41) is 10.2. The van der Waals surface area contributed by atoms with Gasteiger partial charge in [-0.1, -0.05) is 13.8 Å². The van der Waals surface area contributed by atoms with E-state index in [1.54, 1.807) is 0 Å². The zero-order valence-corrected chi connectivity index (χ0v) is 14.2. The summed E-state index contributed by atoms with van der Waals surface area (Å²) < 4.78 is 32.2. The number of hydrogen-bond acceptors (Lipinski definition) is 3. The molecule has 2 rings (SSSR count). The Kier molecular flexibility index (Phi) is 6.36. The maximum atomic E-state index is 13.7. The van der Waals surface area contributed by atoms with Gasteiger partial charge in [0.15, 0.2) is 17.4 Å². The highest BCUT2D eigenvalue weighted by Gasteiger charge is 2.26. The highest BCUT2D eigenvalue weighted by molar-refractivity contribution is 5.31. The van der Waals surface area contributed by atoms with Gasteiger partial charge in [0, 0.05) is 6.54 Å². The first-order valence-electron chi connectivity index (χ1n) is 8.33. The summed E-state index contributed by atoms with van der Waals surface area (Å²) in [6, 6.07) is 2.67. The van der Waals surface area contributed by atoms with Crippen LogP contribution in [-0.2, 0) is 6.54 Å². The largest absolute Gasteiger partial charge is 0.491 e. The Hall–Kier alpha value is -1.20. The molecule has 0 aliphatic carbocycles. The Labute approximate surface area is 137 Å². The minimum absolute atomic E-state index is 0.243. The lowest BCUT2D eigenvalue weighted by atomic mass is 9.87. The lowest BCUT2D eigenvalue weighted by molar-refractivity contribution is 0.0436. The Bertz CT molecular complexity index is 491. The van der Waals surface area contributed by atoms with Crippen molar-refractivity contribution in [1.29, 1.82) is 0 Å². The minimum atomic E-state index is -0.662. The van der Waals surface area contributed by atoms with Gasteiger partial charge in [-0.2, -0.15) is 0 Å². The van der Waals surface area contributed by atoms with Crippen LogP contribution in [0.5, 0.6) is 5.75 Å². The van der Waals surface area contributed by atoms with Crippen molar-refractivity contribution in [2.45, 2.75) is 45.8 Å². The van der Waals surface area contributed by atoms with Crippen molar-refractivity contribution in [3.63, 3.8) is 0 Å². The van der Waals surface area contributed by atoms with Crippen molar-refractivity contribution in [3.05, 3.63) is 29.3 Å². The van der Waals surface area contributed by atoms with Gasteiger partial charge in [0.25, 0.3) is 0 Å². The Balaban J connectivity index is 1.89. The molecule has 1 saturated heterocycles. The molecule has 5 heteroatoms. The molecule has 0 radical (unpaired) electrons. The highest BCUT2D eigenvalue weighted by Crippen LogP contribution is 2.27. The van der Waals surface area contributed by atoms with Crippen LogP contribution in [0.2, 0.25) is 0 Å². The van der Waals surface area contributed by atoms with Crippen molar-refractivity contribution in [3.8, 4) is 5.75 Å². The third kappa shape index (κ3) is 4.88. The van der Waals surface area contributed by atoms with E-state index in [2.05, 4.69) is 18.7 Å². The molecule has 1 aromatic rings. The predicted octanol–water partition coefficient (Wildman–Crippen LogP) is 3.59. The van der Waals surface area contributed by atoms with E-state index in [1.807, 2.05) is 0 Å². The summed E-state index contributed by atoms with van der Waals surface area (Å²) >= 11 is 0. The molecular formula is C18H27F2NO2. The van der Waals surface area contributed by atoms with Crippen LogP contribution in [0.1, 0.15) is 38.7 Å². The van der Waals surface area contributed by atoms with Gasteiger partial charge in [-0.15, -0.1) is 0 Å². The van der Waals surface area contributed by atoms with Gasteiger partial charge in [-0.25, -0.2) is 8.78 Å². The molecule has 1 aliphatic heterocycles. The molecule has 23 heavy (non-hydrogen) atoms. The van der Waals surface area contributed by atoms with Crippen molar-refractivity contribution in [2.75, 3.05) is 20.2 Å². The lowest BCUT2D eigenvalue weighted by Gasteiger charge is -2.34. The van der Waals surface area contributed by atoms with Crippen LogP contribution >= 0.6 is 0 Å². The number of aliphatic hydroxyl groups is 1. The summed E-state index contributed by atoms with van der Waals surface area (Å²) in [5.74, 6) is -0.829. The van der Waals surface area contributed by atoms with Gasteiger partial charge < -0.3 is 9.84 Å². The molecule has 1 aromatic carbocycles. The monoisotopic (exact) mass is 327 g/mol. The molecule has 0 saturated carbocycles. The second-order valence-electron chi connectivity index (χ2n) is 6.90. The van der Waals surface area contributed by atoms with Crippen molar-refractivity contribution >= 4 is 0 Å². The Morgan fingerprint density at radius 2 is 1.78 bits per heavy atom. The van der Waals surface area contributed by atoms with E-state index in [0.29, 0.717) is 23.9 Å². The smallest absolute Gasteiger partial charge is 0.190 e. The van der Waals surface area contributed by atoms with Gasteiger partial charge in [0.2, 0.25) is 0 Å². The molecule has 1 fully saturated rings. The number of halogens is 2. The number of rotatable bonds is 6. The average molecular weight is 327 g/mol. The van der Waals surface area contributed by atoms with Gasteiger partial charge in [-0.05, 0) is 61.9 Å². The van der Waals surface area contributed by atoms with Crippen LogP contribution in [0, 0.1) is 23.5 Å². The molecule has 0 aromatic heterocycles. The first-order chi connectivity index (χ1) is 10.9. The van der Waals surface area contributed by atoms with Crippen molar-refractivity contribution < 1.29 is 18.6 Å². The molecule has 1 aliphatic rings. The van der Waals surface area contributed by atoms with Gasteiger partial charge in [-0.3, -0.25) is 4.90 Å². The standard InChI is InChI=1S/C18H27F2NO2/c1-12(2)8-17(22)14-4-6-21(7-5-14)11-13-9-15(19)18(23-3)16(20)10-13/h9-10,12,14,17,22H,4-8,11H2,1-3H3/t17-/m1/s1. The number of hydrogen-bond donors (Lipinski definition) is 1. The third-order valence-electron chi connectivity index (χ3n) is 4.56. The summed E-state index contributed by atoms with van der Waals surface area (Å²) in [6.07, 6.45) is 2.44. The van der Waals surface area contributed by atoms with E-state index in [0.717, 1.165) is 32.4 Å². The Morgan fingerprint density at radius 3 is 2.26 bits per heavy atom. The fourth-order valence-corrected chi connectivity index (χ4v) is 3.33. The van der Waals surface area contributed by atoms with Crippen LogP contribution in [0.4, 0.5) is 8.78 Å². The average Bonchev–Trinajstić information content (AvgIpc) is 2.47. The Morgan fingerprint density at radius 1 is 1.22 bits per heavy atom. The van der Waals surface area contributed by atoms with Crippen molar-refractivity contribution in [1.82, 2.24) is 4.90 Å². The third-order valence-corrected chi connectivity index (χ3v) is 4.56. The number of piperidine rings is 1. The van der Waals surface area contributed by atoms with Gasteiger partial charge in [0.05, 0.1) is 13.2 Å². The molecular weight excluding hydrogens is 300 g/mol. The van der Waals surface area contributed by atoms with E-state index < -0.39 is 11.6 Å². The summed E-state index contributed by atoms with van der Waals surface area (Å²) in [4.78, 5) is 2.18. The minimum Gasteiger partial charge on any atom is -0.491 e. The number of methoxy groups -OCH3 is 1. The number of benzene rings is 1. The van der Waals surface area contributed by atoms with E-state index >= 15 is 0 Å². The quantitative estimate of drug-likeness (QED) is 0.867. The molecule has 1 heterocycles. The molecule has 1 atom stereocenters. The normalized spacial score (nSPS) is 18.4.